The van der Waals surface area contributed by atoms with Crippen LogP contribution in [0.3, 0.4) is 0 Å². The molecule has 0 radical (unpaired) electrons. The van der Waals surface area contributed by atoms with Crippen LogP contribution in [0.4, 0.5) is 17.1 Å². The van der Waals surface area contributed by atoms with E-state index in [1.165, 1.54) is 11.1 Å². The number of anilines is 3. The Morgan fingerprint density at radius 2 is 0.913 bits per heavy atom. The summed E-state index contributed by atoms with van der Waals surface area (Å²) in [7, 11) is 1.69. The molecule has 0 saturated heterocycles. The summed E-state index contributed by atoms with van der Waals surface area (Å²) in [5, 5.41) is 0. The summed E-state index contributed by atoms with van der Waals surface area (Å²) in [4.78, 5) is 2.25. The molecule has 3 rings (SSSR count). The Labute approximate surface area is 138 Å². The molecule has 0 unspecified atom stereocenters. The van der Waals surface area contributed by atoms with Crippen LogP contribution >= 0.6 is 0 Å². The molecule has 3 aromatic rings. The number of nitrogens with zero attached hydrogens (tertiary/aromatic N) is 1. The predicted molar refractivity (Wildman–Crippen MR) is 97.2 cm³/mol. The van der Waals surface area contributed by atoms with Gasteiger partial charge in [0.05, 0.1) is 7.11 Å². The van der Waals surface area contributed by atoms with Gasteiger partial charge in [-0.3, -0.25) is 0 Å². The fourth-order valence-corrected chi connectivity index (χ4v) is 2.57. The maximum absolute atomic E-state index is 5.27. The predicted octanol–water partition coefficient (Wildman–Crippen LogP) is 5.78. The number of hydrogen-bond donors (Lipinski definition) is 0. The second kappa shape index (κ2) is 6.57. The average Bonchev–Trinajstić information content (AvgIpc) is 2.59. The van der Waals surface area contributed by atoms with Crippen LogP contribution < -0.4 is 9.64 Å². The first-order valence-corrected chi connectivity index (χ1v) is 7.75. The second-order valence-corrected chi connectivity index (χ2v) is 5.70. The number of methoxy groups -OCH3 is 1. The molecule has 0 aliphatic rings. The topological polar surface area (TPSA) is 12.5 Å². The maximum Gasteiger partial charge on any atom is 0.119 e. The third kappa shape index (κ3) is 3.37. The quantitative estimate of drug-likeness (QED) is 0.605. The highest BCUT2D eigenvalue weighted by molar-refractivity contribution is 5.76. The van der Waals surface area contributed by atoms with Crippen molar-refractivity contribution in [2.24, 2.45) is 0 Å². The van der Waals surface area contributed by atoms with Crippen LogP contribution in [0.1, 0.15) is 11.1 Å². The molecule has 0 fully saturated rings. The van der Waals surface area contributed by atoms with E-state index in [2.05, 4.69) is 79.4 Å². The molecular formula is C21H21NO. The van der Waals surface area contributed by atoms with E-state index in [0.29, 0.717) is 0 Å². The molecule has 0 aliphatic heterocycles. The first-order chi connectivity index (χ1) is 11.2. The molecule has 2 heteroatoms. The second-order valence-electron chi connectivity index (χ2n) is 5.70. The van der Waals surface area contributed by atoms with Gasteiger partial charge in [-0.25, -0.2) is 0 Å². The molecule has 0 atom stereocenters. The minimum Gasteiger partial charge on any atom is -0.497 e. The lowest BCUT2D eigenvalue weighted by Crippen LogP contribution is -2.09. The van der Waals surface area contributed by atoms with Crippen molar-refractivity contribution < 1.29 is 4.74 Å². The fourth-order valence-electron chi connectivity index (χ4n) is 2.57. The zero-order valence-electron chi connectivity index (χ0n) is 13.8. The molecule has 0 heterocycles. The molecule has 116 valence electrons. The van der Waals surface area contributed by atoms with Crippen molar-refractivity contribution in [2.45, 2.75) is 13.8 Å². The molecule has 2 nitrogen and oxygen atoms in total. The van der Waals surface area contributed by atoms with E-state index in [4.69, 9.17) is 4.74 Å². The lowest BCUT2D eigenvalue weighted by Gasteiger charge is -2.25. The van der Waals surface area contributed by atoms with Gasteiger partial charge in [0.25, 0.3) is 0 Å². The van der Waals surface area contributed by atoms with Crippen LogP contribution in [0.25, 0.3) is 0 Å². The highest BCUT2D eigenvalue weighted by atomic mass is 16.5. The van der Waals surface area contributed by atoms with Crippen LogP contribution in [-0.2, 0) is 0 Å². The fraction of sp³-hybridized carbons (Fsp3) is 0.143. The van der Waals surface area contributed by atoms with E-state index < -0.39 is 0 Å². The first kappa shape index (κ1) is 15.2. The molecule has 0 N–H and O–H groups in total. The van der Waals surface area contributed by atoms with Crippen LogP contribution in [-0.4, -0.2) is 7.11 Å². The van der Waals surface area contributed by atoms with Gasteiger partial charge in [-0.2, -0.15) is 0 Å². The third-order valence-corrected chi connectivity index (χ3v) is 3.91. The van der Waals surface area contributed by atoms with Crippen molar-refractivity contribution >= 4 is 17.1 Å². The number of hydrogen-bond acceptors (Lipinski definition) is 2. The van der Waals surface area contributed by atoms with Crippen LogP contribution in [0, 0.1) is 13.8 Å². The van der Waals surface area contributed by atoms with E-state index in [9.17, 15) is 0 Å². The van der Waals surface area contributed by atoms with Gasteiger partial charge in [0, 0.05) is 17.1 Å². The molecule has 23 heavy (non-hydrogen) atoms. The van der Waals surface area contributed by atoms with Crippen LogP contribution in [0.5, 0.6) is 5.75 Å². The van der Waals surface area contributed by atoms with Crippen molar-refractivity contribution in [3.8, 4) is 5.75 Å². The molecule has 0 aromatic heterocycles. The number of benzene rings is 3. The molecular weight excluding hydrogens is 282 g/mol. The van der Waals surface area contributed by atoms with E-state index >= 15 is 0 Å². The van der Waals surface area contributed by atoms with E-state index in [1.54, 1.807) is 7.11 Å². The molecule has 0 saturated carbocycles. The standard InChI is InChI=1S/C21H21NO/c1-16-4-8-18(9-5-16)22(19-10-6-17(2)7-11-19)20-12-14-21(23-3)15-13-20/h4-15H,1-3H3. The number of ether oxygens (including phenoxy) is 1. The number of aryl methyl sites for hydroxylation is 2. The molecule has 0 aliphatic carbocycles. The highest BCUT2D eigenvalue weighted by Gasteiger charge is 2.12. The van der Waals surface area contributed by atoms with Gasteiger partial charge in [-0.15, -0.1) is 0 Å². The Kier molecular flexibility index (Phi) is 4.33. The summed E-state index contributed by atoms with van der Waals surface area (Å²) in [5.74, 6) is 0.863. The number of rotatable bonds is 4. The van der Waals surface area contributed by atoms with Crippen molar-refractivity contribution in [1.29, 1.82) is 0 Å². The summed E-state index contributed by atoms with van der Waals surface area (Å²) in [6.45, 7) is 4.21. The van der Waals surface area contributed by atoms with Gasteiger partial charge in [0.15, 0.2) is 0 Å². The van der Waals surface area contributed by atoms with Gasteiger partial charge in [0.1, 0.15) is 5.75 Å². The monoisotopic (exact) mass is 303 g/mol. The van der Waals surface area contributed by atoms with Crippen molar-refractivity contribution in [3.63, 3.8) is 0 Å². The van der Waals surface area contributed by atoms with E-state index in [-0.39, 0.29) is 0 Å². The summed E-state index contributed by atoms with van der Waals surface area (Å²) in [6, 6.07) is 25.3. The lowest BCUT2D eigenvalue weighted by atomic mass is 10.1. The van der Waals surface area contributed by atoms with Crippen LogP contribution in [0.2, 0.25) is 0 Å². The summed E-state index contributed by atoms with van der Waals surface area (Å²) < 4.78 is 5.27. The van der Waals surface area contributed by atoms with Gasteiger partial charge in [0.2, 0.25) is 0 Å². The minimum atomic E-state index is 0.863. The molecule has 0 bridgehead atoms. The average molecular weight is 303 g/mol. The van der Waals surface area contributed by atoms with Gasteiger partial charge >= 0.3 is 0 Å². The summed E-state index contributed by atoms with van der Waals surface area (Å²) in [5.41, 5.74) is 5.91. The van der Waals surface area contributed by atoms with Gasteiger partial charge < -0.3 is 9.64 Å². The Morgan fingerprint density at radius 1 is 0.565 bits per heavy atom. The first-order valence-electron chi connectivity index (χ1n) is 7.75. The normalized spacial score (nSPS) is 10.4. The molecule has 0 amide bonds. The van der Waals surface area contributed by atoms with E-state index in [1.807, 2.05) is 12.1 Å². The smallest absolute Gasteiger partial charge is 0.119 e. The van der Waals surface area contributed by atoms with Crippen molar-refractivity contribution in [3.05, 3.63) is 83.9 Å². The Hall–Kier alpha value is -2.74. The van der Waals surface area contributed by atoms with E-state index in [0.717, 1.165) is 22.8 Å². The van der Waals surface area contributed by atoms with Crippen molar-refractivity contribution in [1.82, 2.24) is 0 Å². The summed E-state index contributed by atoms with van der Waals surface area (Å²) >= 11 is 0. The maximum atomic E-state index is 5.27. The zero-order chi connectivity index (χ0) is 16.2. The third-order valence-electron chi connectivity index (χ3n) is 3.91. The lowest BCUT2D eigenvalue weighted by molar-refractivity contribution is 0.415. The largest absolute Gasteiger partial charge is 0.497 e. The zero-order valence-corrected chi connectivity index (χ0v) is 13.8. The van der Waals surface area contributed by atoms with Crippen molar-refractivity contribution in [2.75, 3.05) is 12.0 Å². The Morgan fingerprint density at radius 3 is 1.26 bits per heavy atom. The summed E-state index contributed by atoms with van der Waals surface area (Å²) in [6.07, 6.45) is 0. The molecule has 3 aromatic carbocycles. The molecule has 0 spiro atoms. The Balaban J connectivity index is 2.08. The van der Waals surface area contributed by atoms with Crippen LogP contribution in [0.15, 0.2) is 72.8 Å². The SMILES string of the molecule is COc1ccc(N(c2ccc(C)cc2)c2ccc(C)cc2)cc1. The minimum absolute atomic E-state index is 0.863. The van der Waals surface area contributed by atoms with Gasteiger partial charge in [-0.1, -0.05) is 35.4 Å². The van der Waals surface area contributed by atoms with Gasteiger partial charge in [-0.05, 0) is 62.4 Å². The Bertz CT molecular complexity index is 713. The highest BCUT2D eigenvalue weighted by Crippen LogP contribution is 2.35.